The summed E-state index contributed by atoms with van der Waals surface area (Å²) in [5.41, 5.74) is 1.48. The highest BCUT2D eigenvalue weighted by Gasteiger charge is 2.12. The number of fused-ring (bicyclic) bond motifs is 1. The van der Waals surface area contributed by atoms with Crippen LogP contribution in [0.3, 0.4) is 0 Å². The normalized spacial score (nSPS) is 12.2. The predicted octanol–water partition coefficient (Wildman–Crippen LogP) is 4.14. The number of amides is 1. The van der Waals surface area contributed by atoms with E-state index in [1.807, 2.05) is 35.9 Å². The van der Waals surface area contributed by atoms with Crippen molar-refractivity contribution in [3.05, 3.63) is 84.5 Å². The van der Waals surface area contributed by atoms with E-state index in [2.05, 4.69) is 20.5 Å². The molecule has 1 amide bonds. The lowest BCUT2D eigenvalue weighted by atomic mass is 10.2. The third-order valence-corrected chi connectivity index (χ3v) is 4.87. The summed E-state index contributed by atoms with van der Waals surface area (Å²) in [4.78, 5) is 16.4. The van der Waals surface area contributed by atoms with Crippen molar-refractivity contribution in [1.82, 2.24) is 19.7 Å². The molecule has 0 spiro atoms. The van der Waals surface area contributed by atoms with Crippen LogP contribution in [0.15, 0.2) is 73.1 Å². The van der Waals surface area contributed by atoms with Crippen LogP contribution in [0, 0.1) is 6.92 Å². The molecule has 33 heavy (non-hydrogen) atoms. The smallest absolute Gasteiger partial charge is 0.248 e. The molecule has 2 aromatic carbocycles. The lowest BCUT2D eigenvalue weighted by molar-refractivity contribution is -0.111. The Morgan fingerprint density at radius 3 is 2.67 bits per heavy atom. The molecule has 0 unspecified atom stereocenters. The molecule has 3 heterocycles. The first-order chi connectivity index (χ1) is 16.1. The molecular formula is C24H19N5O4. The maximum Gasteiger partial charge on any atom is 0.248 e. The van der Waals surface area contributed by atoms with Gasteiger partial charge in [0.1, 0.15) is 11.6 Å². The third-order valence-electron chi connectivity index (χ3n) is 4.87. The number of aryl methyl sites for hydroxylation is 1. The number of aromatic nitrogens is 4. The first-order valence-corrected chi connectivity index (χ1v) is 10.1. The van der Waals surface area contributed by atoms with E-state index in [9.17, 15) is 4.79 Å². The Kier molecular flexibility index (Phi) is 5.42. The molecule has 5 rings (SSSR count). The molecule has 0 aliphatic carbocycles. The van der Waals surface area contributed by atoms with Crippen LogP contribution in [-0.4, -0.2) is 32.4 Å². The Hall–Kier alpha value is -4.66. The maximum atomic E-state index is 12.2. The lowest BCUT2D eigenvalue weighted by Gasteiger charge is -2.07. The van der Waals surface area contributed by atoms with Crippen LogP contribution >= 0.6 is 0 Å². The number of nitrogens with zero attached hydrogens (tertiary/aromatic N) is 4. The standard InChI is InChI=1S/C24H19N5O4/c1-16-25-12-13-29(16)22-9-11-24(28-27-22)33-19-6-4-18(5-7-19)26-23(30)10-3-17-2-8-20-21(14-17)32-15-31-20/h2-14H,15H2,1H3,(H,26,30)/b10-3+. The minimum Gasteiger partial charge on any atom is -0.454 e. The van der Waals surface area contributed by atoms with Gasteiger partial charge in [0.05, 0.1) is 0 Å². The molecule has 9 nitrogen and oxygen atoms in total. The van der Waals surface area contributed by atoms with Gasteiger partial charge < -0.3 is 19.5 Å². The first-order valence-electron chi connectivity index (χ1n) is 10.1. The molecule has 0 atom stereocenters. The molecule has 0 fully saturated rings. The first kappa shape index (κ1) is 20.3. The molecule has 9 heteroatoms. The number of carbonyl (C=O) groups is 1. The van der Waals surface area contributed by atoms with Gasteiger partial charge in [0, 0.05) is 30.2 Å². The van der Waals surface area contributed by atoms with E-state index in [1.54, 1.807) is 48.7 Å². The zero-order chi connectivity index (χ0) is 22.6. The Labute approximate surface area is 189 Å². The molecule has 0 saturated carbocycles. The van der Waals surface area contributed by atoms with Gasteiger partial charge in [-0.05, 0) is 61.0 Å². The van der Waals surface area contributed by atoms with Crippen molar-refractivity contribution in [3.8, 4) is 28.9 Å². The van der Waals surface area contributed by atoms with Gasteiger partial charge in [-0.2, -0.15) is 0 Å². The van der Waals surface area contributed by atoms with E-state index in [-0.39, 0.29) is 12.7 Å². The summed E-state index contributed by atoms with van der Waals surface area (Å²) in [6.45, 7) is 2.10. The van der Waals surface area contributed by atoms with Gasteiger partial charge in [0.15, 0.2) is 17.3 Å². The van der Waals surface area contributed by atoms with Crippen LogP contribution in [0.1, 0.15) is 11.4 Å². The molecule has 0 bridgehead atoms. The second-order valence-corrected chi connectivity index (χ2v) is 7.14. The largest absolute Gasteiger partial charge is 0.454 e. The third kappa shape index (κ3) is 4.67. The summed E-state index contributed by atoms with van der Waals surface area (Å²) >= 11 is 0. The van der Waals surface area contributed by atoms with Crippen molar-refractivity contribution in [2.24, 2.45) is 0 Å². The summed E-state index contributed by atoms with van der Waals surface area (Å²) in [6.07, 6.45) is 6.69. The van der Waals surface area contributed by atoms with Gasteiger partial charge in [-0.1, -0.05) is 6.07 Å². The number of anilines is 1. The quantitative estimate of drug-likeness (QED) is 0.449. The Morgan fingerprint density at radius 2 is 1.91 bits per heavy atom. The molecule has 0 saturated heterocycles. The van der Waals surface area contributed by atoms with Gasteiger partial charge in [0.25, 0.3) is 0 Å². The average Bonchev–Trinajstić information content (AvgIpc) is 3.48. The topological polar surface area (TPSA) is 100 Å². The van der Waals surface area contributed by atoms with Crippen molar-refractivity contribution >= 4 is 17.7 Å². The molecule has 1 aliphatic rings. The highest BCUT2D eigenvalue weighted by atomic mass is 16.7. The highest BCUT2D eigenvalue weighted by molar-refractivity contribution is 6.02. The van der Waals surface area contributed by atoms with Crippen molar-refractivity contribution < 1.29 is 19.0 Å². The zero-order valence-corrected chi connectivity index (χ0v) is 17.6. The number of carbonyl (C=O) groups excluding carboxylic acids is 1. The number of hydrogen-bond donors (Lipinski definition) is 1. The van der Waals surface area contributed by atoms with E-state index in [1.165, 1.54) is 6.08 Å². The summed E-state index contributed by atoms with van der Waals surface area (Å²) in [5, 5.41) is 11.1. The van der Waals surface area contributed by atoms with E-state index >= 15 is 0 Å². The molecule has 1 N–H and O–H groups in total. The highest BCUT2D eigenvalue weighted by Crippen LogP contribution is 2.32. The monoisotopic (exact) mass is 441 g/mol. The fraction of sp³-hybridized carbons (Fsp3) is 0.0833. The number of ether oxygens (including phenoxy) is 3. The van der Waals surface area contributed by atoms with E-state index in [0.29, 0.717) is 34.6 Å². The fourth-order valence-electron chi connectivity index (χ4n) is 3.22. The molecule has 0 radical (unpaired) electrons. The van der Waals surface area contributed by atoms with Gasteiger partial charge in [-0.15, -0.1) is 10.2 Å². The fourth-order valence-corrected chi connectivity index (χ4v) is 3.22. The molecule has 1 aliphatic heterocycles. The van der Waals surface area contributed by atoms with E-state index in [0.717, 1.165) is 11.4 Å². The summed E-state index contributed by atoms with van der Waals surface area (Å²) in [6, 6.07) is 16.0. The summed E-state index contributed by atoms with van der Waals surface area (Å²) in [5.74, 6) is 3.53. The van der Waals surface area contributed by atoms with Gasteiger partial charge in [0.2, 0.25) is 18.6 Å². The van der Waals surface area contributed by atoms with Gasteiger partial charge >= 0.3 is 0 Å². The van der Waals surface area contributed by atoms with Crippen molar-refractivity contribution in [3.63, 3.8) is 0 Å². The van der Waals surface area contributed by atoms with Crippen molar-refractivity contribution in [2.45, 2.75) is 6.92 Å². The van der Waals surface area contributed by atoms with Crippen LogP contribution < -0.4 is 19.5 Å². The predicted molar refractivity (Wildman–Crippen MR) is 121 cm³/mol. The molecular weight excluding hydrogens is 422 g/mol. The summed E-state index contributed by atoms with van der Waals surface area (Å²) < 4.78 is 18.2. The Morgan fingerprint density at radius 1 is 1.06 bits per heavy atom. The minimum atomic E-state index is -0.252. The van der Waals surface area contributed by atoms with Crippen molar-refractivity contribution in [2.75, 3.05) is 12.1 Å². The number of rotatable bonds is 6. The summed E-state index contributed by atoms with van der Waals surface area (Å²) in [7, 11) is 0. The molecule has 164 valence electrons. The average molecular weight is 441 g/mol. The van der Waals surface area contributed by atoms with Gasteiger partial charge in [-0.3, -0.25) is 9.36 Å². The van der Waals surface area contributed by atoms with Crippen molar-refractivity contribution in [1.29, 1.82) is 0 Å². The maximum absolute atomic E-state index is 12.2. The molecule has 2 aromatic heterocycles. The van der Waals surface area contributed by atoms with E-state index in [4.69, 9.17) is 14.2 Å². The van der Waals surface area contributed by atoms with Crippen LogP contribution in [0.25, 0.3) is 11.9 Å². The minimum absolute atomic E-state index is 0.214. The molecule has 4 aromatic rings. The Balaban J connectivity index is 1.17. The van der Waals surface area contributed by atoms with E-state index < -0.39 is 0 Å². The van der Waals surface area contributed by atoms with Crippen LogP contribution in [0.4, 0.5) is 5.69 Å². The van der Waals surface area contributed by atoms with Crippen LogP contribution in [0.5, 0.6) is 23.1 Å². The van der Waals surface area contributed by atoms with Gasteiger partial charge in [-0.25, -0.2) is 4.98 Å². The second-order valence-electron chi connectivity index (χ2n) is 7.14. The lowest BCUT2D eigenvalue weighted by Crippen LogP contribution is -2.07. The number of nitrogens with one attached hydrogen (secondary N) is 1. The SMILES string of the molecule is Cc1nccn1-c1ccc(Oc2ccc(NC(=O)/C=C/c3ccc4c(c3)OCO4)cc2)nn1. The number of imidazole rings is 1. The van der Waals surface area contributed by atoms with Crippen LogP contribution in [-0.2, 0) is 4.79 Å². The number of benzene rings is 2. The zero-order valence-electron chi connectivity index (χ0n) is 17.6. The Bertz CT molecular complexity index is 1310. The second kappa shape index (κ2) is 8.83. The number of hydrogen-bond acceptors (Lipinski definition) is 7. The van der Waals surface area contributed by atoms with Crippen LogP contribution in [0.2, 0.25) is 0 Å².